The molecule has 0 fully saturated rings. The average molecular weight is 239 g/mol. The van der Waals surface area contributed by atoms with Crippen molar-refractivity contribution in [1.82, 2.24) is 0 Å². The first-order valence-corrected chi connectivity index (χ1v) is 5.66. The van der Waals surface area contributed by atoms with Crippen LogP contribution in [0.25, 0.3) is 0 Å². The molecule has 0 saturated carbocycles. The first kappa shape index (κ1) is 12.8. The molecule has 1 aromatic carbocycles. The SMILES string of the molecule is CC=CCCCOc1ccccc1C(=O)Cl. The van der Waals surface area contributed by atoms with Crippen LogP contribution in [0.1, 0.15) is 30.1 Å². The highest BCUT2D eigenvalue weighted by Gasteiger charge is 2.08. The predicted molar refractivity (Wildman–Crippen MR) is 66.2 cm³/mol. The Morgan fingerprint density at radius 1 is 1.44 bits per heavy atom. The van der Waals surface area contributed by atoms with E-state index in [1.807, 2.05) is 19.1 Å². The normalized spacial score (nSPS) is 10.6. The van der Waals surface area contributed by atoms with E-state index in [1.54, 1.807) is 18.2 Å². The van der Waals surface area contributed by atoms with Gasteiger partial charge in [-0.2, -0.15) is 0 Å². The molecule has 0 aliphatic rings. The Bertz CT molecular complexity index is 372. The summed E-state index contributed by atoms with van der Waals surface area (Å²) in [7, 11) is 0. The summed E-state index contributed by atoms with van der Waals surface area (Å²) in [5, 5.41) is -0.482. The Balaban J connectivity index is 2.50. The van der Waals surface area contributed by atoms with Crippen LogP contribution in [0, 0.1) is 0 Å². The van der Waals surface area contributed by atoms with Gasteiger partial charge in [0.1, 0.15) is 5.75 Å². The van der Waals surface area contributed by atoms with Crippen LogP contribution in [0.2, 0.25) is 0 Å². The van der Waals surface area contributed by atoms with Crippen LogP contribution in [-0.2, 0) is 0 Å². The fourth-order valence-corrected chi connectivity index (χ4v) is 1.46. The van der Waals surface area contributed by atoms with Crippen LogP contribution in [0.3, 0.4) is 0 Å². The highest BCUT2D eigenvalue weighted by atomic mass is 35.5. The maximum absolute atomic E-state index is 11.1. The number of hydrogen-bond donors (Lipinski definition) is 0. The van der Waals surface area contributed by atoms with Gasteiger partial charge in [0.2, 0.25) is 0 Å². The topological polar surface area (TPSA) is 26.3 Å². The monoisotopic (exact) mass is 238 g/mol. The van der Waals surface area contributed by atoms with Gasteiger partial charge in [-0.1, -0.05) is 24.3 Å². The second-order valence-corrected chi connectivity index (χ2v) is 3.67. The van der Waals surface area contributed by atoms with E-state index < -0.39 is 5.24 Å². The van der Waals surface area contributed by atoms with Crippen molar-refractivity contribution in [2.45, 2.75) is 19.8 Å². The third-order valence-corrected chi connectivity index (χ3v) is 2.31. The Labute approximate surface area is 101 Å². The first-order valence-electron chi connectivity index (χ1n) is 5.28. The van der Waals surface area contributed by atoms with Crippen molar-refractivity contribution in [2.24, 2.45) is 0 Å². The van der Waals surface area contributed by atoms with Gasteiger partial charge in [-0.25, -0.2) is 0 Å². The highest BCUT2D eigenvalue weighted by Crippen LogP contribution is 2.20. The standard InChI is InChI=1S/C13H15ClO2/c1-2-3-4-7-10-16-12-9-6-5-8-11(12)13(14)15/h2-3,5-6,8-9H,4,7,10H2,1H3. The maximum atomic E-state index is 11.1. The summed E-state index contributed by atoms with van der Waals surface area (Å²) < 4.78 is 5.51. The third-order valence-electron chi connectivity index (χ3n) is 2.11. The number of allylic oxidation sites excluding steroid dienone is 2. The number of carbonyl (C=O) groups is 1. The molecular formula is C13H15ClO2. The molecule has 1 rings (SSSR count). The minimum Gasteiger partial charge on any atom is -0.493 e. The minimum absolute atomic E-state index is 0.426. The maximum Gasteiger partial charge on any atom is 0.256 e. The zero-order chi connectivity index (χ0) is 11.8. The molecule has 0 amide bonds. The van der Waals surface area contributed by atoms with Crippen molar-refractivity contribution in [3.05, 3.63) is 42.0 Å². The fourth-order valence-electron chi connectivity index (χ4n) is 1.30. The molecule has 0 unspecified atom stereocenters. The summed E-state index contributed by atoms with van der Waals surface area (Å²) in [5.74, 6) is 0.558. The van der Waals surface area contributed by atoms with Crippen LogP contribution < -0.4 is 4.74 Å². The van der Waals surface area contributed by atoms with E-state index in [-0.39, 0.29) is 0 Å². The second kappa shape index (κ2) is 7.07. The summed E-state index contributed by atoms with van der Waals surface area (Å²) in [4.78, 5) is 11.1. The van der Waals surface area contributed by atoms with Crippen molar-refractivity contribution in [3.8, 4) is 5.75 Å². The quantitative estimate of drug-likeness (QED) is 0.428. The number of unbranched alkanes of at least 4 members (excludes halogenated alkanes) is 1. The van der Waals surface area contributed by atoms with E-state index in [9.17, 15) is 4.79 Å². The van der Waals surface area contributed by atoms with Gasteiger partial charge in [-0.15, -0.1) is 0 Å². The van der Waals surface area contributed by atoms with Crippen LogP contribution in [0.15, 0.2) is 36.4 Å². The Morgan fingerprint density at radius 3 is 2.88 bits per heavy atom. The van der Waals surface area contributed by atoms with E-state index in [0.29, 0.717) is 17.9 Å². The van der Waals surface area contributed by atoms with Crippen LogP contribution >= 0.6 is 11.6 Å². The van der Waals surface area contributed by atoms with Gasteiger partial charge in [-0.3, -0.25) is 4.79 Å². The van der Waals surface area contributed by atoms with Crippen LogP contribution in [0.4, 0.5) is 0 Å². The zero-order valence-electron chi connectivity index (χ0n) is 9.28. The molecule has 0 aromatic heterocycles. The van der Waals surface area contributed by atoms with Gasteiger partial charge >= 0.3 is 0 Å². The van der Waals surface area contributed by atoms with Crippen LogP contribution in [-0.4, -0.2) is 11.8 Å². The van der Waals surface area contributed by atoms with E-state index in [1.165, 1.54) is 0 Å². The van der Waals surface area contributed by atoms with Gasteiger partial charge in [0.25, 0.3) is 5.24 Å². The van der Waals surface area contributed by atoms with Gasteiger partial charge < -0.3 is 4.74 Å². The lowest BCUT2D eigenvalue weighted by Gasteiger charge is -2.07. The molecule has 16 heavy (non-hydrogen) atoms. The number of carbonyl (C=O) groups excluding carboxylic acids is 1. The number of para-hydroxylation sites is 1. The number of rotatable bonds is 6. The van der Waals surface area contributed by atoms with Gasteiger partial charge in [0, 0.05) is 0 Å². The Kier molecular flexibility index (Phi) is 5.65. The molecule has 0 saturated heterocycles. The largest absolute Gasteiger partial charge is 0.493 e. The molecule has 0 atom stereocenters. The fraction of sp³-hybridized carbons (Fsp3) is 0.308. The molecule has 86 valence electrons. The lowest BCUT2D eigenvalue weighted by molar-refractivity contribution is 0.107. The van der Waals surface area contributed by atoms with Crippen molar-refractivity contribution < 1.29 is 9.53 Å². The molecule has 0 bridgehead atoms. The molecule has 1 aromatic rings. The number of benzene rings is 1. The summed E-state index contributed by atoms with van der Waals surface area (Å²) in [6, 6.07) is 7.01. The molecule has 0 N–H and O–H groups in total. The Hall–Kier alpha value is -1.28. The molecule has 0 aliphatic heterocycles. The third kappa shape index (κ3) is 4.07. The smallest absolute Gasteiger partial charge is 0.256 e. The molecule has 3 heteroatoms. The van der Waals surface area contributed by atoms with E-state index in [0.717, 1.165) is 12.8 Å². The van der Waals surface area contributed by atoms with Crippen molar-refractivity contribution in [2.75, 3.05) is 6.61 Å². The molecule has 0 radical (unpaired) electrons. The molecule has 0 aliphatic carbocycles. The first-order chi connectivity index (χ1) is 7.75. The van der Waals surface area contributed by atoms with Crippen molar-refractivity contribution in [3.63, 3.8) is 0 Å². The zero-order valence-corrected chi connectivity index (χ0v) is 10.0. The average Bonchev–Trinajstić information content (AvgIpc) is 2.29. The minimum atomic E-state index is -0.482. The lowest BCUT2D eigenvalue weighted by Crippen LogP contribution is -2.01. The van der Waals surface area contributed by atoms with E-state index in [2.05, 4.69) is 6.08 Å². The number of ether oxygens (including phenoxy) is 1. The predicted octanol–water partition coefficient (Wildman–Crippen LogP) is 3.80. The van der Waals surface area contributed by atoms with Crippen molar-refractivity contribution >= 4 is 16.8 Å². The molecule has 0 heterocycles. The van der Waals surface area contributed by atoms with E-state index >= 15 is 0 Å². The molecule has 2 nitrogen and oxygen atoms in total. The number of halogens is 1. The number of hydrogen-bond acceptors (Lipinski definition) is 2. The second-order valence-electron chi connectivity index (χ2n) is 3.33. The molecular weight excluding hydrogens is 224 g/mol. The van der Waals surface area contributed by atoms with Gasteiger partial charge in [0.05, 0.1) is 12.2 Å². The summed E-state index contributed by atoms with van der Waals surface area (Å²) in [6.07, 6.45) is 6.00. The lowest BCUT2D eigenvalue weighted by atomic mass is 10.2. The summed E-state index contributed by atoms with van der Waals surface area (Å²) >= 11 is 5.44. The van der Waals surface area contributed by atoms with E-state index in [4.69, 9.17) is 16.3 Å². The molecule has 0 spiro atoms. The van der Waals surface area contributed by atoms with Crippen LogP contribution in [0.5, 0.6) is 5.75 Å². The van der Waals surface area contributed by atoms with Crippen molar-refractivity contribution in [1.29, 1.82) is 0 Å². The van der Waals surface area contributed by atoms with Gasteiger partial charge in [-0.05, 0) is 43.5 Å². The summed E-state index contributed by atoms with van der Waals surface area (Å²) in [5.41, 5.74) is 0.426. The highest BCUT2D eigenvalue weighted by molar-refractivity contribution is 6.68. The summed E-state index contributed by atoms with van der Waals surface area (Å²) in [6.45, 7) is 2.58. The Morgan fingerprint density at radius 2 is 2.19 bits per heavy atom. The van der Waals surface area contributed by atoms with Gasteiger partial charge in [0.15, 0.2) is 0 Å².